The minimum Gasteiger partial charge on any atom is -0.384 e. The van der Waals surface area contributed by atoms with E-state index in [-0.39, 0.29) is 17.4 Å². The Hall–Kier alpha value is -1.39. The van der Waals surface area contributed by atoms with Crippen molar-refractivity contribution in [2.75, 3.05) is 26.8 Å². The number of nitrogens with two attached hydrogens (primary N) is 1. The van der Waals surface area contributed by atoms with E-state index in [1.165, 1.54) is 12.1 Å². The Morgan fingerprint density at radius 1 is 1.45 bits per heavy atom. The fourth-order valence-corrected chi connectivity index (χ4v) is 2.78. The lowest BCUT2D eigenvalue weighted by atomic mass is 10.2. The second-order valence-electron chi connectivity index (χ2n) is 4.45. The molecule has 5 nitrogen and oxygen atoms in total. The highest BCUT2D eigenvalue weighted by Crippen LogP contribution is 2.11. The van der Waals surface area contributed by atoms with Crippen LogP contribution in [0.5, 0.6) is 0 Å². The topological polar surface area (TPSA) is 81.4 Å². The molecular weight excluding hydrogens is 276 g/mol. The first-order valence-corrected chi connectivity index (χ1v) is 7.75. The summed E-state index contributed by atoms with van der Waals surface area (Å²) in [6.07, 6.45) is 0. The largest absolute Gasteiger partial charge is 0.384 e. The molecule has 1 rings (SSSR count). The second-order valence-corrected chi connectivity index (χ2v) is 6.21. The van der Waals surface area contributed by atoms with Crippen molar-refractivity contribution >= 4 is 10.0 Å². The number of benzene rings is 1. The zero-order chi connectivity index (χ0) is 15.0. The van der Waals surface area contributed by atoms with Crippen LogP contribution in [0.4, 0.5) is 0 Å². The molecule has 0 spiro atoms. The molecule has 0 saturated heterocycles. The van der Waals surface area contributed by atoms with E-state index in [0.29, 0.717) is 18.7 Å². The molecule has 1 aromatic carbocycles. The SMILES string of the molecule is COCC(C)CNS(=O)(=O)c1cccc(C#CCN)c1. The summed E-state index contributed by atoms with van der Waals surface area (Å²) >= 11 is 0. The minimum absolute atomic E-state index is 0.106. The van der Waals surface area contributed by atoms with Crippen LogP contribution in [0.3, 0.4) is 0 Å². The van der Waals surface area contributed by atoms with Gasteiger partial charge in [-0.1, -0.05) is 24.8 Å². The van der Waals surface area contributed by atoms with Crippen molar-refractivity contribution in [2.45, 2.75) is 11.8 Å². The zero-order valence-electron chi connectivity index (χ0n) is 11.7. The van der Waals surface area contributed by atoms with E-state index in [1.54, 1.807) is 19.2 Å². The monoisotopic (exact) mass is 296 g/mol. The first kappa shape index (κ1) is 16.7. The Bertz CT molecular complexity index is 588. The van der Waals surface area contributed by atoms with Gasteiger partial charge in [0, 0.05) is 25.8 Å². The van der Waals surface area contributed by atoms with Gasteiger partial charge in [0.25, 0.3) is 0 Å². The van der Waals surface area contributed by atoms with Crippen LogP contribution in [0.15, 0.2) is 29.2 Å². The molecule has 0 fully saturated rings. The highest BCUT2D eigenvalue weighted by molar-refractivity contribution is 7.89. The fourth-order valence-electron chi connectivity index (χ4n) is 1.57. The third-order valence-corrected chi connectivity index (χ3v) is 3.97. The van der Waals surface area contributed by atoms with Gasteiger partial charge >= 0.3 is 0 Å². The molecule has 3 N–H and O–H groups in total. The molecule has 1 aromatic rings. The highest BCUT2D eigenvalue weighted by atomic mass is 32.2. The lowest BCUT2D eigenvalue weighted by molar-refractivity contribution is 0.161. The Balaban J connectivity index is 2.82. The summed E-state index contributed by atoms with van der Waals surface area (Å²) in [4.78, 5) is 0.200. The Kier molecular flexibility index (Phi) is 6.68. The molecule has 0 saturated carbocycles. The van der Waals surface area contributed by atoms with Crippen LogP contribution >= 0.6 is 0 Å². The van der Waals surface area contributed by atoms with E-state index in [1.807, 2.05) is 6.92 Å². The van der Waals surface area contributed by atoms with Crippen LogP contribution in [0.1, 0.15) is 12.5 Å². The normalized spacial score (nSPS) is 12.6. The average Bonchev–Trinajstić information content (AvgIpc) is 2.44. The Morgan fingerprint density at radius 3 is 2.85 bits per heavy atom. The Morgan fingerprint density at radius 2 is 2.20 bits per heavy atom. The highest BCUT2D eigenvalue weighted by Gasteiger charge is 2.15. The van der Waals surface area contributed by atoms with Gasteiger partial charge < -0.3 is 10.5 Å². The molecule has 6 heteroatoms. The van der Waals surface area contributed by atoms with Gasteiger partial charge in [-0.05, 0) is 24.1 Å². The van der Waals surface area contributed by atoms with Crippen molar-refractivity contribution < 1.29 is 13.2 Å². The molecule has 0 aliphatic rings. The number of rotatable bonds is 6. The van der Waals surface area contributed by atoms with Crippen LogP contribution in [0.2, 0.25) is 0 Å². The third-order valence-electron chi connectivity index (χ3n) is 2.55. The van der Waals surface area contributed by atoms with Crippen molar-refractivity contribution in [1.29, 1.82) is 0 Å². The number of sulfonamides is 1. The average molecular weight is 296 g/mol. The van der Waals surface area contributed by atoms with Crippen LogP contribution in [-0.4, -0.2) is 35.2 Å². The number of hydrogen-bond donors (Lipinski definition) is 2. The van der Waals surface area contributed by atoms with E-state index in [2.05, 4.69) is 16.6 Å². The maximum atomic E-state index is 12.1. The summed E-state index contributed by atoms with van der Waals surface area (Å²) in [6.45, 7) is 2.98. The molecule has 20 heavy (non-hydrogen) atoms. The molecule has 0 heterocycles. The van der Waals surface area contributed by atoms with E-state index in [4.69, 9.17) is 10.5 Å². The summed E-state index contributed by atoms with van der Waals surface area (Å²) in [5, 5.41) is 0. The van der Waals surface area contributed by atoms with E-state index in [9.17, 15) is 8.42 Å². The van der Waals surface area contributed by atoms with Gasteiger partial charge in [-0.15, -0.1) is 0 Å². The summed E-state index contributed by atoms with van der Waals surface area (Å²) in [5.74, 6) is 5.62. The van der Waals surface area contributed by atoms with Crippen molar-refractivity contribution in [1.82, 2.24) is 4.72 Å². The Labute approximate surface area is 120 Å². The predicted molar refractivity (Wildman–Crippen MR) is 78.6 cm³/mol. The van der Waals surface area contributed by atoms with Gasteiger partial charge in [0.05, 0.1) is 11.4 Å². The molecule has 0 aromatic heterocycles. The number of hydrogen-bond acceptors (Lipinski definition) is 4. The van der Waals surface area contributed by atoms with E-state index < -0.39 is 10.0 Å². The number of ether oxygens (including phenoxy) is 1. The molecule has 1 unspecified atom stereocenters. The summed E-state index contributed by atoms with van der Waals surface area (Å²) < 4.78 is 31.8. The van der Waals surface area contributed by atoms with E-state index in [0.717, 1.165) is 0 Å². The van der Waals surface area contributed by atoms with Crippen molar-refractivity contribution in [2.24, 2.45) is 11.7 Å². The van der Waals surface area contributed by atoms with Crippen LogP contribution in [0.25, 0.3) is 0 Å². The second kappa shape index (κ2) is 8.02. The molecular formula is C14H20N2O3S. The van der Waals surface area contributed by atoms with Crippen LogP contribution in [0, 0.1) is 17.8 Å². The first-order chi connectivity index (χ1) is 9.49. The van der Waals surface area contributed by atoms with Crippen molar-refractivity contribution in [3.8, 4) is 11.8 Å². The maximum absolute atomic E-state index is 12.1. The summed E-state index contributed by atoms with van der Waals surface area (Å²) in [7, 11) is -1.94. The number of nitrogens with one attached hydrogen (secondary N) is 1. The van der Waals surface area contributed by atoms with E-state index >= 15 is 0 Å². The van der Waals surface area contributed by atoms with Crippen LogP contribution < -0.4 is 10.5 Å². The number of methoxy groups -OCH3 is 1. The first-order valence-electron chi connectivity index (χ1n) is 6.27. The molecule has 0 bridgehead atoms. The lowest BCUT2D eigenvalue weighted by Gasteiger charge is -2.12. The maximum Gasteiger partial charge on any atom is 0.240 e. The lowest BCUT2D eigenvalue weighted by Crippen LogP contribution is -2.30. The molecule has 0 aliphatic carbocycles. The van der Waals surface area contributed by atoms with Gasteiger partial charge in [-0.25, -0.2) is 13.1 Å². The zero-order valence-corrected chi connectivity index (χ0v) is 12.5. The molecule has 110 valence electrons. The van der Waals surface area contributed by atoms with Crippen molar-refractivity contribution in [3.63, 3.8) is 0 Å². The van der Waals surface area contributed by atoms with Gasteiger partial charge in [-0.3, -0.25) is 0 Å². The fraction of sp³-hybridized carbons (Fsp3) is 0.429. The molecule has 0 aliphatic heterocycles. The molecule has 0 radical (unpaired) electrons. The summed E-state index contributed by atoms with van der Waals surface area (Å²) in [6, 6.07) is 6.48. The smallest absolute Gasteiger partial charge is 0.240 e. The van der Waals surface area contributed by atoms with Gasteiger partial charge in [0.1, 0.15) is 0 Å². The van der Waals surface area contributed by atoms with Gasteiger partial charge in [0.2, 0.25) is 10.0 Å². The predicted octanol–water partition coefficient (Wildman–Crippen LogP) is 0.558. The molecule has 0 amide bonds. The minimum atomic E-state index is -3.53. The van der Waals surface area contributed by atoms with Crippen molar-refractivity contribution in [3.05, 3.63) is 29.8 Å². The molecule has 1 atom stereocenters. The van der Waals surface area contributed by atoms with Crippen LogP contribution in [-0.2, 0) is 14.8 Å². The standard InChI is InChI=1S/C14H20N2O3S/c1-12(11-19-2)10-16-20(17,18)14-7-3-5-13(9-14)6-4-8-15/h3,5,7,9,12,16H,8,10-11,15H2,1-2H3. The third kappa shape index (κ3) is 5.31. The summed E-state index contributed by atoms with van der Waals surface area (Å²) in [5.41, 5.74) is 5.92. The van der Waals surface area contributed by atoms with Gasteiger partial charge in [-0.2, -0.15) is 0 Å². The quantitative estimate of drug-likeness (QED) is 0.752. The van der Waals surface area contributed by atoms with Gasteiger partial charge in [0.15, 0.2) is 0 Å².